The van der Waals surface area contributed by atoms with Crippen LogP contribution in [-0.2, 0) is 21.2 Å². The van der Waals surface area contributed by atoms with Crippen LogP contribution in [0.4, 0.5) is 4.39 Å². The average Bonchev–Trinajstić information content (AvgIpc) is 2.69. The molecule has 8 heteroatoms. The normalized spacial score (nSPS) is 11.5. The van der Waals surface area contributed by atoms with E-state index in [4.69, 9.17) is 4.74 Å². The molecule has 0 fully saturated rings. The first-order chi connectivity index (χ1) is 14.2. The minimum atomic E-state index is -3.24. The number of carbonyl (C=O) groups excluding carboxylic acids is 1. The minimum absolute atomic E-state index is 0.0591. The standard InChI is InChI=1S/C22H29FN2O4S/c1-24(2)14-15-25(17-18-7-4-5-8-21(18)23)22(26)9-6-16-29-19-10-12-20(13-11-19)30(3,27)28/h4-5,7-8,10-13H,6,9,14-17H2,1-3H3. The van der Waals surface area contributed by atoms with Crippen LogP contribution in [0.2, 0.25) is 0 Å². The lowest BCUT2D eigenvalue weighted by molar-refractivity contribution is -0.132. The van der Waals surface area contributed by atoms with E-state index in [-0.39, 0.29) is 29.6 Å². The summed E-state index contributed by atoms with van der Waals surface area (Å²) in [7, 11) is 0.608. The molecule has 0 atom stereocenters. The van der Waals surface area contributed by atoms with E-state index >= 15 is 0 Å². The molecule has 0 spiro atoms. The van der Waals surface area contributed by atoms with Gasteiger partial charge in [-0.1, -0.05) is 18.2 Å². The fourth-order valence-corrected chi connectivity index (χ4v) is 3.43. The summed E-state index contributed by atoms with van der Waals surface area (Å²) < 4.78 is 42.6. The van der Waals surface area contributed by atoms with E-state index in [1.54, 1.807) is 35.2 Å². The van der Waals surface area contributed by atoms with Gasteiger partial charge in [0.2, 0.25) is 5.91 Å². The molecule has 2 rings (SSSR count). The Morgan fingerprint density at radius 2 is 1.70 bits per heavy atom. The van der Waals surface area contributed by atoms with E-state index < -0.39 is 9.84 Å². The second-order valence-corrected chi connectivity index (χ2v) is 9.42. The number of nitrogens with zero attached hydrogens (tertiary/aromatic N) is 2. The number of hydrogen-bond donors (Lipinski definition) is 0. The molecule has 0 aliphatic heterocycles. The Morgan fingerprint density at radius 1 is 1.03 bits per heavy atom. The molecule has 0 saturated heterocycles. The van der Waals surface area contributed by atoms with Crippen LogP contribution >= 0.6 is 0 Å². The third-order valence-corrected chi connectivity index (χ3v) is 5.67. The fraction of sp³-hybridized carbons (Fsp3) is 0.409. The van der Waals surface area contributed by atoms with Crippen LogP contribution in [0.1, 0.15) is 18.4 Å². The number of sulfone groups is 1. The van der Waals surface area contributed by atoms with Gasteiger partial charge in [-0.15, -0.1) is 0 Å². The van der Waals surface area contributed by atoms with Crippen LogP contribution in [0, 0.1) is 5.82 Å². The molecule has 0 aliphatic carbocycles. The first-order valence-corrected chi connectivity index (χ1v) is 11.6. The molecule has 164 valence electrons. The van der Waals surface area contributed by atoms with E-state index in [9.17, 15) is 17.6 Å². The van der Waals surface area contributed by atoms with Crippen molar-refractivity contribution >= 4 is 15.7 Å². The summed E-state index contributed by atoms with van der Waals surface area (Å²) in [6.07, 6.45) is 1.93. The molecule has 2 aromatic carbocycles. The Bertz CT molecular complexity index is 930. The third-order valence-electron chi connectivity index (χ3n) is 4.54. The lowest BCUT2D eigenvalue weighted by Crippen LogP contribution is -2.36. The second kappa shape index (κ2) is 11.1. The van der Waals surface area contributed by atoms with Crippen LogP contribution in [0.25, 0.3) is 0 Å². The predicted octanol–water partition coefficient (Wildman–Crippen LogP) is 2.98. The molecule has 0 N–H and O–H groups in total. The first-order valence-electron chi connectivity index (χ1n) is 9.75. The Kier molecular flexibility index (Phi) is 8.80. The number of benzene rings is 2. The minimum Gasteiger partial charge on any atom is -0.494 e. The highest BCUT2D eigenvalue weighted by molar-refractivity contribution is 7.90. The molecule has 0 heterocycles. The number of amides is 1. The van der Waals surface area contributed by atoms with E-state index in [2.05, 4.69) is 0 Å². The number of ether oxygens (including phenoxy) is 1. The number of hydrogen-bond acceptors (Lipinski definition) is 5. The van der Waals surface area contributed by atoms with Gasteiger partial charge in [-0.3, -0.25) is 4.79 Å². The van der Waals surface area contributed by atoms with Crippen molar-refractivity contribution in [1.82, 2.24) is 9.80 Å². The summed E-state index contributed by atoms with van der Waals surface area (Å²) in [5, 5.41) is 0. The van der Waals surface area contributed by atoms with Gasteiger partial charge in [0, 0.05) is 37.9 Å². The van der Waals surface area contributed by atoms with E-state index in [1.165, 1.54) is 18.2 Å². The Hall–Kier alpha value is -2.45. The van der Waals surface area contributed by atoms with Crippen LogP contribution in [0.3, 0.4) is 0 Å². The number of carbonyl (C=O) groups is 1. The third kappa shape index (κ3) is 7.76. The Morgan fingerprint density at radius 3 is 2.30 bits per heavy atom. The highest BCUT2D eigenvalue weighted by atomic mass is 32.2. The molecule has 30 heavy (non-hydrogen) atoms. The van der Waals surface area contributed by atoms with Gasteiger partial charge in [0.15, 0.2) is 9.84 Å². The highest BCUT2D eigenvalue weighted by Crippen LogP contribution is 2.16. The van der Waals surface area contributed by atoms with Gasteiger partial charge in [-0.25, -0.2) is 12.8 Å². The number of likely N-dealkylation sites (N-methyl/N-ethyl adjacent to an activating group) is 1. The van der Waals surface area contributed by atoms with Crippen molar-refractivity contribution in [3.8, 4) is 5.75 Å². The van der Waals surface area contributed by atoms with Crippen molar-refractivity contribution in [2.45, 2.75) is 24.3 Å². The molecule has 0 aliphatic rings. The molecule has 0 aromatic heterocycles. The molecule has 0 bridgehead atoms. The van der Waals surface area contributed by atoms with Crippen molar-refractivity contribution in [2.75, 3.05) is 40.0 Å². The summed E-state index contributed by atoms with van der Waals surface area (Å²) >= 11 is 0. The second-order valence-electron chi connectivity index (χ2n) is 7.41. The van der Waals surface area contributed by atoms with Crippen molar-refractivity contribution in [3.63, 3.8) is 0 Å². The van der Waals surface area contributed by atoms with E-state index in [0.717, 1.165) is 6.26 Å². The zero-order valence-electron chi connectivity index (χ0n) is 17.7. The van der Waals surface area contributed by atoms with Crippen LogP contribution < -0.4 is 4.74 Å². The van der Waals surface area contributed by atoms with Crippen molar-refractivity contribution < 1.29 is 22.3 Å². The van der Waals surface area contributed by atoms with Gasteiger partial charge in [0.05, 0.1) is 11.5 Å². The van der Waals surface area contributed by atoms with Crippen molar-refractivity contribution in [1.29, 1.82) is 0 Å². The molecule has 0 saturated carbocycles. The molecule has 6 nitrogen and oxygen atoms in total. The summed E-state index contributed by atoms with van der Waals surface area (Å²) in [5.41, 5.74) is 0.492. The first kappa shape index (κ1) is 23.8. The molecular formula is C22H29FN2O4S. The molecule has 0 radical (unpaired) electrons. The zero-order chi connectivity index (χ0) is 22.1. The maximum Gasteiger partial charge on any atom is 0.223 e. The maximum absolute atomic E-state index is 14.0. The summed E-state index contributed by atoms with van der Waals surface area (Å²) in [4.78, 5) is 16.6. The van der Waals surface area contributed by atoms with Gasteiger partial charge in [-0.05, 0) is 50.8 Å². The lowest BCUT2D eigenvalue weighted by Gasteiger charge is -2.25. The summed E-state index contributed by atoms with van der Waals surface area (Å²) in [6, 6.07) is 12.7. The Balaban J connectivity index is 1.87. The number of rotatable bonds is 11. The topological polar surface area (TPSA) is 66.9 Å². The van der Waals surface area contributed by atoms with E-state index in [0.29, 0.717) is 37.4 Å². The Labute approximate surface area is 178 Å². The lowest BCUT2D eigenvalue weighted by atomic mass is 10.2. The van der Waals surface area contributed by atoms with E-state index in [1.807, 2.05) is 19.0 Å². The van der Waals surface area contributed by atoms with Gasteiger partial charge >= 0.3 is 0 Å². The quantitative estimate of drug-likeness (QED) is 0.507. The smallest absolute Gasteiger partial charge is 0.223 e. The largest absolute Gasteiger partial charge is 0.494 e. The predicted molar refractivity (Wildman–Crippen MR) is 115 cm³/mol. The van der Waals surface area contributed by atoms with Crippen molar-refractivity contribution in [3.05, 3.63) is 59.9 Å². The van der Waals surface area contributed by atoms with Crippen molar-refractivity contribution in [2.24, 2.45) is 0 Å². The number of halogens is 1. The summed E-state index contributed by atoms with van der Waals surface area (Å²) in [6.45, 7) is 1.75. The highest BCUT2D eigenvalue weighted by Gasteiger charge is 2.16. The van der Waals surface area contributed by atoms with Crippen LogP contribution in [-0.4, -0.2) is 64.2 Å². The SMILES string of the molecule is CN(C)CCN(Cc1ccccc1F)C(=O)CCCOc1ccc(S(C)(=O)=O)cc1. The van der Waals surface area contributed by atoms with Gasteiger partial charge in [0.25, 0.3) is 0 Å². The molecule has 1 amide bonds. The molecule has 2 aromatic rings. The monoisotopic (exact) mass is 436 g/mol. The van der Waals surface area contributed by atoms with Crippen LogP contribution in [0.15, 0.2) is 53.4 Å². The van der Waals surface area contributed by atoms with Gasteiger partial charge in [0.1, 0.15) is 11.6 Å². The molecular weight excluding hydrogens is 407 g/mol. The van der Waals surface area contributed by atoms with Gasteiger partial charge in [-0.2, -0.15) is 0 Å². The fourth-order valence-electron chi connectivity index (χ4n) is 2.80. The average molecular weight is 437 g/mol. The zero-order valence-corrected chi connectivity index (χ0v) is 18.5. The van der Waals surface area contributed by atoms with Gasteiger partial charge < -0.3 is 14.5 Å². The van der Waals surface area contributed by atoms with Crippen LogP contribution in [0.5, 0.6) is 5.75 Å². The molecule has 0 unspecified atom stereocenters. The summed E-state index contributed by atoms with van der Waals surface area (Å²) in [5.74, 6) is 0.169. The maximum atomic E-state index is 14.0.